The number of carbonyl (C=O) groups excluding carboxylic acids is 2. The van der Waals surface area contributed by atoms with Crippen LogP contribution in [0.4, 0.5) is 0 Å². The van der Waals surface area contributed by atoms with Gasteiger partial charge < -0.3 is 27.9 Å². The van der Waals surface area contributed by atoms with E-state index in [0.29, 0.717) is 23.9 Å². The molecule has 0 aliphatic heterocycles. The largest absolute Gasteiger partial charge is 0.756 e. The number of quaternary nitrogens is 1. The Bertz CT molecular complexity index is 784. The van der Waals surface area contributed by atoms with Crippen molar-refractivity contribution in [1.29, 1.82) is 0 Å². The summed E-state index contributed by atoms with van der Waals surface area (Å²) in [5.74, 6) is -0.867. The molecule has 0 aromatic heterocycles. The highest BCUT2D eigenvalue weighted by atomic mass is 31.2. The number of rotatable bonds is 31. The average Bonchev–Trinajstić information content (AvgIpc) is 2.95. The number of phosphoric acid groups is 1. The van der Waals surface area contributed by atoms with Crippen LogP contribution in [-0.4, -0.2) is 70.0 Å². The lowest BCUT2D eigenvalue weighted by molar-refractivity contribution is -0.870. The normalized spacial score (nSPS) is 14.0. The second-order valence-corrected chi connectivity index (χ2v) is 14.3. The third kappa shape index (κ3) is 30.8. The summed E-state index contributed by atoms with van der Waals surface area (Å²) in [6.45, 7) is 4.01. The maximum atomic E-state index is 12.5. The minimum Gasteiger partial charge on any atom is -0.756 e. The third-order valence-electron chi connectivity index (χ3n) is 7.29. The number of hydrogen-bond acceptors (Lipinski definition) is 8. The van der Waals surface area contributed by atoms with Crippen molar-refractivity contribution in [3.8, 4) is 0 Å². The van der Waals surface area contributed by atoms with Gasteiger partial charge in [0.05, 0.1) is 27.7 Å². The zero-order valence-corrected chi connectivity index (χ0v) is 29.8. The van der Waals surface area contributed by atoms with Gasteiger partial charge in [-0.2, -0.15) is 0 Å². The number of esters is 2. The second-order valence-electron chi connectivity index (χ2n) is 12.9. The molecule has 0 rings (SSSR count). The number of nitrogens with zero attached hydrogens (tertiary/aromatic N) is 1. The molecule has 2 unspecified atom stereocenters. The third-order valence-corrected chi connectivity index (χ3v) is 8.25. The smallest absolute Gasteiger partial charge is 0.306 e. The molecule has 9 nitrogen and oxygen atoms in total. The number of phosphoric ester groups is 1. The van der Waals surface area contributed by atoms with Gasteiger partial charge in [-0.3, -0.25) is 14.2 Å². The number of allylic oxidation sites excluding steroid dienone is 2. The molecule has 0 aromatic carbocycles. The van der Waals surface area contributed by atoms with E-state index in [4.69, 9.17) is 18.5 Å². The first-order valence-electron chi connectivity index (χ1n) is 17.4. The molecular formula is C34H66NO8P. The number of carbonyl (C=O) groups is 2. The maximum absolute atomic E-state index is 12.5. The summed E-state index contributed by atoms with van der Waals surface area (Å²) < 4.78 is 33.3. The van der Waals surface area contributed by atoms with Gasteiger partial charge in [0.15, 0.2) is 6.10 Å². The van der Waals surface area contributed by atoms with Gasteiger partial charge in [0, 0.05) is 12.8 Å². The monoisotopic (exact) mass is 647 g/mol. The molecule has 0 aliphatic carbocycles. The van der Waals surface area contributed by atoms with Crippen LogP contribution in [0.15, 0.2) is 12.2 Å². The molecular weight excluding hydrogens is 581 g/mol. The maximum Gasteiger partial charge on any atom is 0.306 e. The minimum atomic E-state index is -4.60. The van der Waals surface area contributed by atoms with Crippen LogP contribution in [0, 0.1) is 0 Å². The summed E-state index contributed by atoms with van der Waals surface area (Å²) >= 11 is 0. The lowest BCUT2D eigenvalue weighted by atomic mass is 10.1. The fraction of sp³-hybridized carbons (Fsp3) is 0.882. The van der Waals surface area contributed by atoms with E-state index in [1.807, 2.05) is 28.1 Å². The van der Waals surface area contributed by atoms with E-state index in [1.54, 1.807) is 0 Å². The van der Waals surface area contributed by atoms with Crippen molar-refractivity contribution in [2.24, 2.45) is 0 Å². The Morgan fingerprint density at radius 2 is 1.16 bits per heavy atom. The summed E-state index contributed by atoms with van der Waals surface area (Å²) in [5, 5.41) is 0. The lowest BCUT2D eigenvalue weighted by Crippen LogP contribution is -2.37. The van der Waals surface area contributed by atoms with Gasteiger partial charge in [0.25, 0.3) is 7.82 Å². The van der Waals surface area contributed by atoms with E-state index in [0.717, 1.165) is 38.5 Å². The zero-order valence-electron chi connectivity index (χ0n) is 28.9. The standard InChI is InChI=1S/C34H66NO8P/c1-6-8-10-11-12-13-14-15-16-17-18-19-20-21-22-23-25-27-34(37)43-32(30-40-33(36)26-24-9-7-2)31-42-44(38,39)41-29-28-35(3,4)5/h15-16,32H,6-14,17-31H2,1-5H3/b16-15-. The Morgan fingerprint density at radius 3 is 1.73 bits per heavy atom. The Morgan fingerprint density at radius 1 is 0.682 bits per heavy atom. The molecule has 0 fully saturated rings. The van der Waals surface area contributed by atoms with Crippen molar-refractivity contribution in [1.82, 2.24) is 0 Å². The summed E-state index contributed by atoms with van der Waals surface area (Å²) in [6.07, 6.45) is 24.7. The van der Waals surface area contributed by atoms with Crippen LogP contribution in [0.1, 0.15) is 142 Å². The van der Waals surface area contributed by atoms with E-state index < -0.39 is 32.5 Å². The predicted octanol–water partition coefficient (Wildman–Crippen LogP) is 8.05. The first-order chi connectivity index (χ1) is 21.0. The number of hydrogen-bond donors (Lipinski definition) is 0. The van der Waals surface area contributed by atoms with Crippen LogP contribution in [0.5, 0.6) is 0 Å². The Labute approximate surface area is 269 Å². The van der Waals surface area contributed by atoms with Crippen LogP contribution in [-0.2, 0) is 32.7 Å². The van der Waals surface area contributed by atoms with Crippen molar-refractivity contribution in [2.75, 3.05) is 47.5 Å². The molecule has 0 bridgehead atoms. The topological polar surface area (TPSA) is 111 Å². The van der Waals surface area contributed by atoms with E-state index in [-0.39, 0.29) is 26.1 Å². The van der Waals surface area contributed by atoms with Gasteiger partial charge in [-0.15, -0.1) is 0 Å². The van der Waals surface area contributed by atoms with E-state index in [9.17, 15) is 19.0 Å². The molecule has 0 N–H and O–H groups in total. The van der Waals surface area contributed by atoms with Crippen molar-refractivity contribution < 1.29 is 42.1 Å². The highest BCUT2D eigenvalue weighted by Crippen LogP contribution is 2.38. The summed E-state index contributed by atoms with van der Waals surface area (Å²) in [5.41, 5.74) is 0. The zero-order chi connectivity index (χ0) is 32.9. The van der Waals surface area contributed by atoms with Crippen LogP contribution in [0.25, 0.3) is 0 Å². The van der Waals surface area contributed by atoms with Crippen molar-refractivity contribution in [2.45, 2.75) is 148 Å². The van der Waals surface area contributed by atoms with Gasteiger partial charge in [0.2, 0.25) is 0 Å². The predicted molar refractivity (Wildman–Crippen MR) is 176 cm³/mol. The van der Waals surface area contributed by atoms with Crippen LogP contribution >= 0.6 is 7.82 Å². The number of unbranched alkanes of at least 4 members (excludes halogenated alkanes) is 15. The van der Waals surface area contributed by atoms with E-state index in [1.165, 1.54) is 64.2 Å². The van der Waals surface area contributed by atoms with Gasteiger partial charge in [-0.25, -0.2) is 0 Å². The molecule has 260 valence electrons. The second kappa shape index (κ2) is 28.0. The van der Waals surface area contributed by atoms with Crippen LogP contribution in [0.3, 0.4) is 0 Å². The highest BCUT2D eigenvalue weighted by Gasteiger charge is 2.21. The molecule has 44 heavy (non-hydrogen) atoms. The molecule has 0 saturated heterocycles. The average molecular weight is 648 g/mol. The molecule has 0 saturated carbocycles. The van der Waals surface area contributed by atoms with Gasteiger partial charge in [0.1, 0.15) is 19.8 Å². The quantitative estimate of drug-likeness (QED) is 0.0244. The van der Waals surface area contributed by atoms with E-state index >= 15 is 0 Å². The molecule has 0 amide bonds. The fourth-order valence-electron chi connectivity index (χ4n) is 4.47. The summed E-state index contributed by atoms with van der Waals surface area (Å²) in [6, 6.07) is 0. The molecule has 0 radical (unpaired) electrons. The van der Waals surface area contributed by atoms with Crippen LogP contribution in [0.2, 0.25) is 0 Å². The first-order valence-corrected chi connectivity index (χ1v) is 18.9. The van der Waals surface area contributed by atoms with Gasteiger partial charge in [-0.05, 0) is 38.5 Å². The van der Waals surface area contributed by atoms with Crippen molar-refractivity contribution >= 4 is 19.8 Å². The van der Waals surface area contributed by atoms with Crippen molar-refractivity contribution in [3.05, 3.63) is 12.2 Å². The first kappa shape index (κ1) is 42.8. The molecule has 0 aliphatic rings. The Balaban J connectivity index is 4.23. The van der Waals surface area contributed by atoms with Crippen LogP contribution < -0.4 is 4.89 Å². The minimum absolute atomic E-state index is 0.0303. The summed E-state index contributed by atoms with van der Waals surface area (Å²) in [4.78, 5) is 36.7. The molecule has 0 aromatic rings. The summed E-state index contributed by atoms with van der Waals surface area (Å²) in [7, 11) is 1.16. The Kier molecular flexibility index (Phi) is 27.2. The van der Waals surface area contributed by atoms with Gasteiger partial charge in [-0.1, -0.05) is 103 Å². The Hall–Kier alpha value is -1.25. The van der Waals surface area contributed by atoms with Gasteiger partial charge >= 0.3 is 11.9 Å². The molecule has 0 heterocycles. The lowest BCUT2D eigenvalue weighted by Gasteiger charge is -2.28. The SMILES string of the molecule is CCCCCCCC/C=C\CCCCCCCCCC(=O)OC(COC(=O)CCCCC)COP(=O)([O-])OCC[N+](C)(C)C. The number of likely N-dealkylation sites (N-methyl/N-ethyl adjacent to an activating group) is 1. The van der Waals surface area contributed by atoms with Crippen molar-refractivity contribution in [3.63, 3.8) is 0 Å². The number of ether oxygens (including phenoxy) is 2. The molecule has 2 atom stereocenters. The highest BCUT2D eigenvalue weighted by molar-refractivity contribution is 7.45. The fourth-order valence-corrected chi connectivity index (χ4v) is 5.20. The van der Waals surface area contributed by atoms with E-state index in [2.05, 4.69) is 19.1 Å². The molecule has 10 heteroatoms. The molecule has 0 spiro atoms.